The van der Waals surface area contributed by atoms with E-state index in [1.165, 1.54) is 17.9 Å². The highest BCUT2D eigenvalue weighted by Crippen LogP contribution is 2.30. The number of aryl methyl sites for hydroxylation is 2. The molecule has 0 bridgehead atoms. The van der Waals surface area contributed by atoms with E-state index in [0.29, 0.717) is 5.69 Å². The van der Waals surface area contributed by atoms with Gasteiger partial charge in [-0.2, -0.15) is 23.4 Å². The van der Waals surface area contributed by atoms with Gasteiger partial charge in [0.25, 0.3) is 0 Å². The van der Waals surface area contributed by atoms with Crippen LogP contribution in [0.5, 0.6) is 0 Å². The number of anilines is 1. The van der Waals surface area contributed by atoms with Crippen LogP contribution in [0.4, 0.5) is 18.9 Å². The van der Waals surface area contributed by atoms with E-state index >= 15 is 0 Å². The molecule has 0 amide bonds. The molecule has 0 radical (unpaired) electrons. The Balaban J connectivity index is 0.00000220. The number of alkyl halides is 3. The Labute approximate surface area is 126 Å². The van der Waals surface area contributed by atoms with Crippen LogP contribution in [0.15, 0.2) is 18.6 Å². The summed E-state index contributed by atoms with van der Waals surface area (Å²) in [5.74, 6) is 0. The smallest absolute Gasteiger partial charge is 0.378 e. The minimum absolute atomic E-state index is 0. The van der Waals surface area contributed by atoms with Crippen molar-refractivity contribution in [2.24, 2.45) is 7.05 Å². The van der Waals surface area contributed by atoms with E-state index in [4.69, 9.17) is 0 Å². The molecular weight excluding hydrogens is 307 g/mol. The zero-order valence-electron chi connectivity index (χ0n) is 11.7. The third-order valence-corrected chi connectivity index (χ3v) is 2.74. The first-order valence-electron chi connectivity index (χ1n) is 6.26. The second-order valence-corrected chi connectivity index (χ2v) is 4.52. The molecule has 118 valence electrons. The van der Waals surface area contributed by atoms with Crippen LogP contribution >= 0.6 is 12.4 Å². The fraction of sp³-hybridized carbons (Fsp3) is 0.500. The first kappa shape index (κ1) is 17.4. The summed E-state index contributed by atoms with van der Waals surface area (Å²) in [6.07, 6.45) is 1.24. The Morgan fingerprint density at radius 1 is 1.29 bits per heavy atom. The van der Waals surface area contributed by atoms with Crippen LogP contribution in [-0.2, 0) is 26.3 Å². The van der Waals surface area contributed by atoms with Crippen LogP contribution in [0.25, 0.3) is 0 Å². The van der Waals surface area contributed by atoms with Crippen LogP contribution in [0.1, 0.15) is 24.6 Å². The molecule has 0 saturated carbocycles. The van der Waals surface area contributed by atoms with E-state index in [-0.39, 0.29) is 24.5 Å². The molecule has 0 aliphatic rings. The van der Waals surface area contributed by atoms with Crippen molar-refractivity contribution in [3.8, 4) is 0 Å². The monoisotopic (exact) mass is 323 g/mol. The van der Waals surface area contributed by atoms with E-state index < -0.39 is 11.9 Å². The lowest BCUT2D eigenvalue weighted by Crippen LogP contribution is -2.11. The van der Waals surface area contributed by atoms with Gasteiger partial charge in [-0.3, -0.25) is 9.36 Å². The van der Waals surface area contributed by atoms with Gasteiger partial charge in [0.2, 0.25) is 0 Å². The number of hydrogen-bond acceptors (Lipinski definition) is 3. The molecule has 2 aromatic rings. The number of nitrogens with zero attached hydrogens (tertiary/aromatic N) is 4. The maximum absolute atomic E-state index is 12.8. The van der Waals surface area contributed by atoms with E-state index in [1.807, 2.05) is 6.92 Å². The lowest BCUT2D eigenvalue weighted by Gasteiger charge is -2.06. The summed E-state index contributed by atoms with van der Waals surface area (Å²) in [5.41, 5.74) is -0.0490. The van der Waals surface area contributed by atoms with Crippen molar-refractivity contribution in [2.75, 3.05) is 5.32 Å². The minimum Gasteiger partial charge on any atom is -0.378 e. The van der Waals surface area contributed by atoms with Crippen molar-refractivity contribution >= 4 is 18.1 Å². The number of nitrogens with one attached hydrogen (secondary N) is 1. The molecule has 5 nitrogen and oxygen atoms in total. The van der Waals surface area contributed by atoms with Crippen LogP contribution in [0, 0.1) is 0 Å². The lowest BCUT2D eigenvalue weighted by molar-refractivity contribution is -0.142. The van der Waals surface area contributed by atoms with Crippen LogP contribution < -0.4 is 5.32 Å². The number of rotatable bonds is 5. The summed E-state index contributed by atoms with van der Waals surface area (Å²) < 4.78 is 41.2. The van der Waals surface area contributed by atoms with Gasteiger partial charge in [0, 0.05) is 38.1 Å². The maximum Gasteiger partial charge on any atom is 0.435 e. The van der Waals surface area contributed by atoms with Gasteiger partial charge >= 0.3 is 6.18 Å². The molecule has 1 N–H and O–H groups in total. The average Bonchev–Trinajstić information content (AvgIpc) is 2.93. The molecule has 2 rings (SSSR count). The van der Waals surface area contributed by atoms with Gasteiger partial charge in [-0.1, -0.05) is 6.92 Å². The van der Waals surface area contributed by atoms with Gasteiger partial charge in [-0.25, -0.2) is 0 Å². The molecule has 0 unspecified atom stereocenters. The second-order valence-electron chi connectivity index (χ2n) is 4.52. The molecule has 0 aromatic carbocycles. The number of aromatic nitrogens is 4. The molecule has 0 saturated heterocycles. The summed E-state index contributed by atoms with van der Waals surface area (Å²) >= 11 is 0. The fourth-order valence-electron chi connectivity index (χ4n) is 1.91. The maximum atomic E-state index is 12.8. The third kappa shape index (κ3) is 4.38. The molecule has 21 heavy (non-hydrogen) atoms. The molecule has 0 fully saturated rings. The van der Waals surface area contributed by atoms with E-state index in [2.05, 4.69) is 15.5 Å². The van der Waals surface area contributed by atoms with Crippen molar-refractivity contribution in [3.63, 3.8) is 0 Å². The summed E-state index contributed by atoms with van der Waals surface area (Å²) in [5, 5.41) is 10.5. The molecule has 2 heterocycles. The van der Waals surface area contributed by atoms with Crippen molar-refractivity contribution in [2.45, 2.75) is 32.6 Å². The fourth-order valence-corrected chi connectivity index (χ4v) is 1.91. The van der Waals surface area contributed by atoms with Gasteiger partial charge in [-0.05, 0) is 6.42 Å². The Morgan fingerprint density at radius 2 is 2.00 bits per heavy atom. The highest BCUT2D eigenvalue weighted by atomic mass is 35.5. The summed E-state index contributed by atoms with van der Waals surface area (Å²) in [6.45, 7) is 2.86. The second kappa shape index (κ2) is 6.84. The van der Waals surface area contributed by atoms with Gasteiger partial charge in [0.15, 0.2) is 5.69 Å². The highest BCUT2D eigenvalue weighted by Gasteiger charge is 2.36. The molecule has 9 heteroatoms. The molecule has 0 atom stereocenters. The highest BCUT2D eigenvalue weighted by molar-refractivity contribution is 5.85. The lowest BCUT2D eigenvalue weighted by atomic mass is 10.2. The van der Waals surface area contributed by atoms with Gasteiger partial charge in [0.1, 0.15) is 0 Å². The first-order valence-corrected chi connectivity index (χ1v) is 6.26. The van der Waals surface area contributed by atoms with E-state index in [9.17, 15) is 13.2 Å². The van der Waals surface area contributed by atoms with Gasteiger partial charge in [-0.15, -0.1) is 12.4 Å². The van der Waals surface area contributed by atoms with Gasteiger partial charge < -0.3 is 5.32 Å². The third-order valence-electron chi connectivity index (χ3n) is 2.74. The number of halogens is 4. The van der Waals surface area contributed by atoms with Crippen LogP contribution in [0.3, 0.4) is 0 Å². The zero-order chi connectivity index (χ0) is 14.8. The SMILES string of the molecule is CCCn1cc(NCc2cn(C)nc2C(F)(F)F)cn1.Cl. The van der Waals surface area contributed by atoms with Crippen LogP contribution in [-0.4, -0.2) is 19.6 Å². The standard InChI is InChI=1S/C12H16F3N5.ClH/c1-3-4-20-8-10(6-17-20)16-5-9-7-19(2)18-11(9)12(13,14)15;/h6-8,16H,3-5H2,1-2H3;1H. The Hall–Kier alpha value is -1.70. The van der Waals surface area contributed by atoms with E-state index in [0.717, 1.165) is 13.0 Å². The molecule has 0 spiro atoms. The zero-order valence-corrected chi connectivity index (χ0v) is 12.5. The molecule has 0 aliphatic heterocycles. The predicted molar refractivity (Wildman–Crippen MR) is 75.3 cm³/mol. The quantitative estimate of drug-likeness (QED) is 0.920. The first-order chi connectivity index (χ1) is 9.40. The summed E-state index contributed by atoms with van der Waals surface area (Å²) in [4.78, 5) is 0. The Kier molecular flexibility index (Phi) is 5.65. The minimum atomic E-state index is -4.44. The Morgan fingerprint density at radius 3 is 2.62 bits per heavy atom. The predicted octanol–water partition coefficient (Wildman–Crippen LogP) is 3.08. The number of hydrogen-bond donors (Lipinski definition) is 1. The average molecular weight is 324 g/mol. The summed E-state index contributed by atoms with van der Waals surface area (Å²) in [6, 6.07) is 0. The Bertz CT molecular complexity index is 576. The topological polar surface area (TPSA) is 47.7 Å². The van der Waals surface area contributed by atoms with Crippen molar-refractivity contribution in [1.29, 1.82) is 0 Å². The van der Waals surface area contributed by atoms with Crippen molar-refractivity contribution in [3.05, 3.63) is 29.8 Å². The van der Waals surface area contributed by atoms with Gasteiger partial charge in [0.05, 0.1) is 11.9 Å². The van der Waals surface area contributed by atoms with Crippen molar-refractivity contribution < 1.29 is 13.2 Å². The molecular formula is C12H17ClF3N5. The molecule has 0 aliphatic carbocycles. The van der Waals surface area contributed by atoms with Crippen LogP contribution in [0.2, 0.25) is 0 Å². The van der Waals surface area contributed by atoms with E-state index in [1.54, 1.807) is 17.1 Å². The largest absolute Gasteiger partial charge is 0.435 e. The van der Waals surface area contributed by atoms with Crippen molar-refractivity contribution in [1.82, 2.24) is 19.6 Å². The summed E-state index contributed by atoms with van der Waals surface area (Å²) in [7, 11) is 1.47. The molecule has 2 aromatic heterocycles. The normalized spacial score (nSPS) is 11.3.